The predicted octanol–water partition coefficient (Wildman–Crippen LogP) is 2.48. The minimum Gasteiger partial charge on any atom is -0.497 e. The Morgan fingerprint density at radius 2 is 2.15 bits per heavy atom. The summed E-state index contributed by atoms with van der Waals surface area (Å²) in [6, 6.07) is 5.71. The van der Waals surface area contributed by atoms with Crippen LogP contribution in [0.5, 0.6) is 11.5 Å². The van der Waals surface area contributed by atoms with Crippen LogP contribution in [0.2, 0.25) is 0 Å². The summed E-state index contributed by atoms with van der Waals surface area (Å²) >= 11 is 0. The monoisotopic (exact) mass is 359 g/mol. The molecule has 1 aromatic carbocycles. The summed E-state index contributed by atoms with van der Waals surface area (Å²) in [4.78, 5) is 12.7. The molecule has 2 aromatic rings. The maximum atomic E-state index is 12.7. The molecule has 140 valence electrons. The number of rotatable bonds is 6. The van der Waals surface area contributed by atoms with E-state index in [0.717, 1.165) is 23.2 Å². The Hall–Kier alpha value is -2.54. The lowest BCUT2D eigenvalue weighted by molar-refractivity contribution is 0.0922. The molecule has 0 spiro atoms. The zero-order chi connectivity index (χ0) is 18.7. The number of hydrogen-bond acceptors (Lipinski definition) is 5. The molecule has 0 aliphatic carbocycles. The van der Waals surface area contributed by atoms with E-state index >= 15 is 0 Å². The number of fused-ring (bicyclic) bond motifs is 1. The van der Waals surface area contributed by atoms with Crippen molar-refractivity contribution in [1.82, 2.24) is 15.1 Å². The molecule has 1 aromatic heterocycles. The maximum absolute atomic E-state index is 12.7. The van der Waals surface area contributed by atoms with Crippen LogP contribution in [0.25, 0.3) is 0 Å². The van der Waals surface area contributed by atoms with Crippen LogP contribution < -0.4 is 14.8 Å². The number of amides is 1. The molecule has 7 heteroatoms. The van der Waals surface area contributed by atoms with Crippen molar-refractivity contribution in [3.63, 3.8) is 0 Å². The Balaban J connectivity index is 1.79. The summed E-state index contributed by atoms with van der Waals surface area (Å²) in [5.74, 6) is 1.17. The third-order valence-electron chi connectivity index (χ3n) is 4.49. The topological polar surface area (TPSA) is 74.6 Å². The average Bonchev–Trinajstić information content (AvgIpc) is 3.06. The molecule has 0 saturated carbocycles. The summed E-state index contributed by atoms with van der Waals surface area (Å²) < 4.78 is 18.0. The van der Waals surface area contributed by atoms with Gasteiger partial charge in [0.25, 0.3) is 5.91 Å². The molecule has 0 bridgehead atoms. The van der Waals surface area contributed by atoms with Crippen molar-refractivity contribution in [2.75, 3.05) is 20.8 Å². The molecule has 1 amide bonds. The summed E-state index contributed by atoms with van der Waals surface area (Å²) in [5, 5.41) is 7.49. The first-order valence-electron chi connectivity index (χ1n) is 8.72. The van der Waals surface area contributed by atoms with Gasteiger partial charge in [0.1, 0.15) is 11.5 Å². The Morgan fingerprint density at radius 1 is 1.35 bits per heavy atom. The quantitative estimate of drug-likeness (QED) is 0.858. The fraction of sp³-hybridized carbons (Fsp3) is 0.474. The van der Waals surface area contributed by atoms with Crippen molar-refractivity contribution in [2.24, 2.45) is 0 Å². The highest BCUT2D eigenvalue weighted by Crippen LogP contribution is 2.26. The summed E-state index contributed by atoms with van der Waals surface area (Å²) in [6.45, 7) is 5.56. The van der Waals surface area contributed by atoms with Gasteiger partial charge < -0.3 is 19.5 Å². The Morgan fingerprint density at radius 3 is 2.85 bits per heavy atom. The molecule has 1 N–H and O–H groups in total. The van der Waals surface area contributed by atoms with Gasteiger partial charge in [0.05, 0.1) is 27.4 Å². The van der Waals surface area contributed by atoms with Gasteiger partial charge in [0.2, 0.25) is 0 Å². The largest absolute Gasteiger partial charge is 0.497 e. The van der Waals surface area contributed by atoms with E-state index in [9.17, 15) is 4.79 Å². The number of carbonyl (C=O) groups is 1. The average molecular weight is 359 g/mol. The van der Waals surface area contributed by atoms with Crippen molar-refractivity contribution in [1.29, 1.82) is 0 Å². The van der Waals surface area contributed by atoms with E-state index in [1.165, 1.54) is 0 Å². The summed E-state index contributed by atoms with van der Waals surface area (Å²) in [5.41, 5.74) is 3.30. The van der Waals surface area contributed by atoms with Crippen molar-refractivity contribution in [2.45, 2.75) is 39.5 Å². The highest BCUT2D eigenvalue weighted by Gasteiger charge is 2.26. The number of carbonyl (C=O) groups excluding carboxylic acids is 1. The number of nitrogens with zero attached hydrogens (tertiary/aromatic N) is 2. The van der Waals surface area contributed by atoms with Crippen LogP contribution in [0.3, 0.4) is 0 Å². The van der Waals surface area contributed by atoms with E-state index in [0.29, 0.717) is 37.0 Å². The lowest BCUT2D eigenvalue weighted by Gasteiger charge is -2.16. The van der Waals surface area contributed by atoms with Gasteiger partial charge in [0.15, 0.2) is 5.69 Å². The first-order valence-corrected chi connectivity index (χ1v) is 8.72. The van der Waals surface area contributed by atoms with Gasteiger partial charge in [-0.1, -0.05) is 0 Å². The SMILES string of the molecule is COc1ccc(CNC(=O)c2nn(C(C)C)c3c2COCC3)c(OC)c1. The van der Waals surface area contributed by atoms with Gasteiger partial charge in [0, 0.05) is 41.9 Å². The van der Waals surface area contributed by atoms with Crippen LogP contribution in [0, 0.1) is 0 Å². The number of hydrogen-bond donors (Lipinski definition) is 1. The van der Waals surface area contributed by atoms with E-state index in [2.05, 4.69) is 24.3 Å². The standard InChI is InChI=1S/C19H25N3O4/c1-12(2)22-16-7-8-26-11-15(16)18(21-22)19(23)20-10-13-5-6-14(24-3)9-17(13)25-4/h5-6,9,12H,7-8,10-11H2,1-4H3,(H,20,23). The van der Waals surface area contributed by atoms with Crippen molar-refractivity contribution < 1.29 is 19.0 Å². The number of ether oxygens (including phenoxy) is 3. The molecular formula is C19H25N3O4. The molecule has 1 aliphatic heterocycles. The van der Waals surface area contributed by atoms with Gasteiger partial charge in [-0.25, -0.2) is 0 Å². The first kappa shape index (κ1) is 18.3. The smallest absolute Gasteiger partial charge is 0.272 e. The van der Waals surface area contributed by atoms with Gasteiger partial charge in [-0.05, 0) is 26.0 Å². The molecule has 0 radical (unpaired) electrons. The Kier molecular flexibility index (Phi) is 5.46. The van der Waals surface area contributed by atoms with E-state index in [4.69, 9.17) is 14.2 Å². The second-order valence-electron chi connectivity index (χ2n) is 6.48. The second kappa shape index (κ2) is 7.78. The normalized spacial score (nSPS) is 13.4. The molecule has 3 rings (SSSR count). The van der Waals surface area contributed by atoms with Crippen LogP contribution in [0.1, 0.15) is 47.2 Å². The van der Waals surface area contributed by atoms with Crippen LogP contribution in [-0.4, -0.2) is 36.5 Å². The fourth-order valence-electron chi connectivity index (χ4n) is 3.13. The molecular weight excluding hydrogens is 334 g/mol. The van der Waals surface area contributed by atoms with Gasteiger partial charge in [-0.15, -0.1) is 0 Å². The van der Waals surface area contributed by atoms with Gasteiger partial charge in [-0.2, -0.15) is 5.10 Å². The first-order chi connectivity index (χ1) is 12.5. The number of benzene rings is 1. The van der Waals surface area contributed by atoms with Crippen LogP contribution in [0.15, 0.2) is 18.2 Å². The lowest BCUT2D eigenvalue weighted by Crippen LogP contribution is -2.25. The molecule has 2 heterocycles. The zero-order valence-electron chi connectivity index (χ0n) is 15.7. The number of aromatic nitrogens is 2. The van der Waals surface area contributed by atoms with Gasteiger partial charge in [-0.3, -0.25) is 9.48 Å². The molecule has 0 unspecified atom stereocenters. The zero-order valence-corrected chi connectivity index (χ0v) is 15.7. The van der Waals surface area contributed by atoms with E-state index in [-0.39, 0.29) is 11.9 Å². The van der Waals surface area contributed by atoms with Crippen LogP contribution in [-0.2, 0) is 24.3 Å². The fourth-order valence-corrected chi connectivity index (χ4v) is 3.13. The van der Waals surface area contributed by atoms with Crippen molar-refractivity contribution in [3.05, 3.63) is 40.7 Å². The maximum Gasteiger partial charge on any atom is 0.272 e. The predicted molar refractivity (Wildman–Crippen MR) is 96.7 cm³/mol. The van der Waals surface area contributed by atoms with Crippen molar-refractivity contribution in [3.8, 4) is 11.5 Å². The Bertz CT molecular complexity index is 798. The summed E-state index contributed by atoms with van der Waals surface area (Å²) in [7, 11) is 3.20. The molecule has 26 heavy (non-hydrogen) atoms. The molecule has 0 fully saturated rings. The van der Waals surface area contributed by atoms with E-state index in [1.54, 1.807) is 20.3 Å². The second-order valence-corrected chi connectivity index (χ2v) is 6.48. The van der Waals surface area contributed by atoms with E-state index < -0.39 is 0 Å². The minimum atomic E-state index is -0.205. The third kappa shape index (κ3) is 3.53. The van der Waals surface area contributed by atoms with Crippen molar-refractivity contribution >= 4 is 5.91 Å². The van der Waals surface area contributed by atoms with Crippen LogP contribution >= 0.6 is 0 Å². The highest BCUT2D eigenvalue weighted by molar-refractivity contribution is 5.94. The lowest BCUT2D eigenvalue weighted by atomic mass is 10.1. The molecule has 0 saturated heterocycles. The number of nitrogens with one attached hydrogen (secondary N) is 1. The minimum absolute atomic E-state index is 0.199. The molecule has 7 nitrogen and oxygen atoms in total. The molecule has 0 atom stereocenters. The van der Waals surface area contributed by atoms with Crippen LogP contribution in [0.4, 0.5) is 0 Å². The number of methoxy groups -OCH3 is 2. The third-order valence-corrected chi connectivity index (χ3v) is 4.49. The Labute approximate surface area is 153 Å². The highest BCUT2D eigenvalue weighted by atomic mass is 16.5. The summed E-state index contributed by atoms with van der Waals surface area (Å²) in [6.07, 6.45) is 0.778. The van der Waals surface area contributed by atoms with E-state index in [1.807, 2.05) is 16.8 Å². The van der Waals surface area contributed by atoms with Gasteiger partial charge >= 0.3 is 0 Å². The molecule has 1 aliphatic rings.